The van der Waals surface area contributed by atoms with Gasteiger partial charge in [0.15, 0.2) is 0 Å². The van der Waals surface area contributed by atoms with E-state index in [0.29, 0.717) is 16.3 Å². The summed E-state index contributed by atoms with van der Waals surface area (Å²) in [4.78, 5) is 28.4. The fourth-order valence-electron chi connectivity index (χ4n) is 4.04. The van der Waals surface area contributed by atoms with Crippen molar-refractivity contribution in [2.45, 2.75) is 58.1 Å². The molecule has 3 aromatic rings. The van der Waals surface area contributed by atoms with Crippen LogP contribution in [0.3, 0.4) is 0 Å². The molecule has 0 spiro atoms. The van der Waals surface area contributed by atoms with Gasteiger partial charge in [-0.15, -0.1) is 0 Å². The van der Waals surface area contributed by atoms with Gasteiger partial charge in [-0.05, 0) is 75.6 Å². The van der Waals surface area contributed by atoms with Crippen molar-refractivity contribution in [2.24, 2.45) is 0 Å². The molecule has 0 aliphatic heterocycles. The molecule has 0 unspecified atom stereocenters. The molecule has 9 heteroatoms. The Bertz CT molecular complexity index is 1390. The summed E-state index contributed by atoms with van der Waals surface area (Å²) in [5, 5.41) is 3.29. The number of nitrogens with zero attached hydrogens (tertiary/aromatic N) is 2. The molecule has 0 heterocycles. The molecule has 0 fully saturated rings. The summed E-state index contributed by atoms with van der Waals surface area (Å²) in [6.07, 6.45) is 0. The second-order valence-corrected chi connectivity index (χ2v) is 11.8. The predicted octanol–water partition coefficient (Wildman–Crippen LogP) is 5.09. The summed E-state index contributed by atoms with van der Waals surface area (Å²) in [7, 11) is -4.11. The zero-order chi connectivity index (χ0) is 28.0. The standard InChI is InChI=1S/C29H34ClN3O4S/c1-20(2)31-29(35)23(5)32(18-24-13-9-10-16-26(24)30)28(34)19-33(27-17-11-12-21(3)22(27)4)38(36,37)25-14-7-6-8-15-25/h6-17,20,23H,18-19H2,1-5H3,(H,31,35)/t23-/m1/s1. The zero-order valence-electron chi connectivity index (χ0n) is 22.3. The van der Waals surface area contributed by atoms with Gasteiger partial charge in [0, 0.05) is 17.6 Å². The molecule has 3 aromatic carbocycles. The molecule has 3 rings (SSSR count). The molecular weight excluding hydrogens is 522 g/mol. The van der Waals surface area contributed by atoms with E-state index in [4.69, 9.17) is 11.6 Å². The van der Waals surface area contributed by atoms with Crippen molar-refractivity contribution in [3.63, 3.8) is 0 Å². The van der Waals surface area contributed by atoms with Crippen LogP contribution in [-0.4, -0.2) is 43.8 Å². The number of nitrogens with one attached hydrogen (secondary N) is 1. The third-order valence-corrected chi connectivity index (χ3v) is 8.49. The number of rotatable bonds is 10. The number of carbonyl (C=O) groups excluding carboxylic acids is 2. The maximum absolute atomic E-state index is 13.9. The minimum absolute atomic E-state index is 0.0389. The summed E-state index contributed by atoms with van der Waals surface area (Å²) >= 11 is 6.39. The van der Waals surface area contributed by atoms with Crippen LogP contribution in [0.1, 0.15) is 37.5 Å². The third-order valence-electron chi connectivity index (χ3n) is 6.35. The van der Waals surface area contributed by atoms with Crippen molar-refractivity contribution in [3.8, 4) is 0 Å². The Balaban J connectivity index is 2.08. The first-order chi connectivity index (χ1) is 17.9. The van der Waals surface area contributed by atoms with E-state index in [1.165, 1.54) is 17.0 Å². The second kappa shape index (κ2) is 12.5. The maximum atomic E-state index is 13.9. The number of anilines is 1. The van der Waals surface area contributed by atoms with E-state index in [1.807, 2.05) is 33.8 Å². The average molecular weight is 556 g/mol. The summed E-state index contributed by atoms with van der Waals surface area (Å²) < 4.78 is 28.9. The van der Waals surface area contributed by atoms with Gasteiger partial charge in [0.25, 0.3) is 10.0 Å². The van der Waals surface area contributed by atoms with Crippen LogP contribution < -0.4 is 9.62 Å². The zero-order valence-corrected chi connectivity index (χ0v) is 23.9. The number of hydrogen-bond donors (Lipinski definition) is 1. The van der Waals surface area contributed by atoms with E-state index in [9.17, 15) is 18.0 Å². The molecule has 38 heavy (non-hydrogen) atoms. The number of hydrogen-bond acceptors (Lipinski definition) is 4. The smallest absolute Gasteiger partial charge is 0.264 e. The molecule has 1 N–H and O–H groups in total. The average Bonchev–Trinajstić information content (AvgIpc) is 2.88. The van der Waals surface area contributed by atoms with Crippen LogP contribution in [0.5, 0.6) is 0 Å². The van der Waals surface area contributed by atoms with E-state index in [0.717, 1.165) is 15.4 Å². The number of carbonyl (C=O) groups is 2. The highest BCUT2D eigenvalue weighted by Gasteiger charge is 2.33. The monoisotopic (exact) mass is 555 g/mol. The van der Waals surface area contributed by atoms with Crippen LogP contribution in [0.2, 0.25) is 5.02 Å². The number of sulfonamides is 1. The Morgan fingerprint density at radius 3 is 2.16 bits per heavy atom. The fourth-order valence-corrected chi connectivity index (χ4v) is 5.72. The van der Waals surface area contributed by atoms with Gasteiger partial charge in [-0.25, -0.2) is 8.42 Å². The van der Waals surface area contributed by atoms with Crippen LogP contribution in [0.15, 0.2) is 77.7 Å². The normalized spacial score (nSPS) is 12.2. The summed E-state index contributed by atoms with van der Waals surface area (Å²) in [5.74, 6) is -0.874. The minimum Gasteiger partial charge on any atom is -0.352 e. The lowest BCUT2D eigenvalue weighted by Gasteiger charge is -2.33. The lowest BCUT2D eigenvalue weighted by molar-refractivity contribution is -0.139. The fraction of sp³-hybridized carbons (Fsp3) is 0.310. The van der Waals surface area contributed by atoms with Crippen molar-refractivity contribution >= 4 is 39.1 Å². The maximum Gasteiger partial charge on any atom is 0.264 e. The number of benzene rings is 3. The Labute approximate surface area is 230 Å². The highest BCUT2D eigenvalue weighted by atomic mass is 35.5. The van der Waals surface area contributed by atoms with Crippen LogP contribution in [0, 0.1) is 13.8 Å². The van der Waals surface area contributed by atoms with Gasteiger partial charge in [-0.1, -0.05) is 60.1 Å². The number of aryl methyl sites for hydroxylation is 1. The molecule has 7 nitrogen and oxygen atoms in total. The van der Waals surface area contributed by atoms with Gasteiger partial charge < -0.3 is 10.2 Å². The van der Waals surface area contributed by atoms with E-state index < -0.39 is 28.5 Å². The van der Waals surface area contributed by atoms with Gasteiger partial charge in [0.2, 0.25) is 11.8 Å². The number of halogens is 1. The van der Waals surface area contributed by atoms with Crippen molar-refractivity contribution in [1.82, 2.24) is 10.2 Å². The topological polar surface area (TPSA) is 86.8 Å². The van der Waals surface area contributed by atoms with E-state index >= 15 is 0 Å². The molecule has 0 bridgehead atoms. The van der Waals surface area contributed by atoms with Gasteiger partial charge >= 0.3 is 0 Å². The molecule has 0 aromatic heterocycles. The van der Waals surface area contributed by atoms with Crippen molar-refractivity contribution in [3.05, 3.63) is 94.5 Å². The van der Waals surface area contributed by atoms with Crippen molar-refractivity contribution in [2.75, 3.05) is 10.8 Å². The second-order valence-electron chi connectivity index (χ2n) is 9.50. The minimum atomic E-state index is -4.11. The predicted molar refractivity (Wildman–Crippen MR) is 152 cm³/mol. The Morgan fingerprint density at radius 2 is 1.53 bits per heavy atom. The highest BCUT2D eigenvalue weighted by Crippen LogP contribution is 2.29. The first-order valence-corrected chi connectivity index (χ1v) is 14.2. The summed E-state index contributed by atoms with van der Waals surface area (Å²) in [6, 6.07) is 19.4. The first kappa shape index (κ1) is 29.2. The molecule has 202 valence electrons. The largest absolute Gasteiger partial charge is 0.352 e. The van der Waals surface area contributed by atoms with E-state index in [1.54, 1.807) is 61.5 Å². The van der Waals surface area contributed by atoms with Crippen molar-refractivity contribution < 1.29 is 18.0 Å². The van der Waals surface area contributed by atoms with Crippen LogP contribution in [-0.2, 0) is 26.2 Å². The number of amides is 2. The molecule has 1 atom stereocenters. The molecule has 0 saturated carbocycles. The van der Waals surface area contributed by atoms with Crippen LogP contribution >= 0.6 is 11.6 Å². The van der Waals surface area contributed by atoms with Gasteiger partial charge in [0.1, 0.15) is 12.6 Å². The summed E-state index contributed by atoms with van der Waals surface area (Å²) in [5.41, 5.74) is 2.68. The summed E-state index contributed by atoms with van der Waals surface area (Å²) in [6.45, 7) is 8.54. The van der Waals surface area contributed by atoms with E-state index in [2.05, 4.69) is 5.32 Å². The molecule has 0 aliphatic rings. The molecular formula is C29H34ClN3O4S. The lowest BCUT2D eigenvalue weighted by Crippen LogP contribution is -2.52. The van der Waals surface area contributed by atoms with Gasteiger partial charge in [-0.2, -0.15) is 0 Å². The molecule has 2 amide bonds. The van der Waals surface area contributed by atoms with Crippen molar-refractivity contribution in [1.29, 1.82) is 0 Å². The van der Waals surface area contributed by atoms with Gasteiger partial charge in [-0.3, -0.25) is 13.9 Å². The van der Waals surface area contributed by atoms with Crippen LogP contribution in [0.4, 0.5) is 5.69 Å². The quantitative estimate of drug-likeness (QED) is 0.377. The molecule has 0 aliphatic carbocycles. The SMILES string of the molecule is Cc1cccc(N(CC(=O)N(Cc2ccccc2Cl)[C@H](C)C(=O)NC(C)C)S(=O)(=O)c2ccccc2)c1C. The molecule has 0 radical (unpaired) electrons. The lowest BCUT2D eigenvalue weighted by atomic mass is 10.1. The van der Waals surface area contributed by atoms with E-state index in [-0.39, 0.29) is 23.4 Å². The third kappa shape index (κ3) is 6.74. The first-order valence-electron chi connectivity index (χ1n) is 12.4. The molecule has 0 saturated heterocycles. The Morgan fingerprint density at radius 1 is 0.895 bits per heavy atom. The van der Waals surface area contributed by atoms with Gasteiger partial charge in [0.05, 0.1) is 10.6 Å². The van der Waals surface area contributed by atoms with Crippen LogP contribution in [0.25, 0.3) is 0 Å². The highest BCUT2D eigenvalue weighted by molar-refractivity contribution is 7.92. The Hall–Kier alpha value is -3.36. The Kier molecular flexibility index (Phi) is 9.57.